The van der Waals surface area contributed by atoms with Crippen LogP contribution < -0.4 is 10.6 Å². The van der Waals surface area contributed by atoms with Crippen LogP contribution in [0, 0.1) is 10.1 Å². The Labute approximate surface area is 155 Å². The molecule has 0 radical (unpaired) electrons. The van der Waals surface area contributed by atoms with Gasteiger partial charge in [-0.25, -0.2) is 4.79 Å². The molecule has 0 aliphatic heterocycles. The first-order valence-corrected chi connectivity index (χ1v) is 8.52. The number of nitro groups is 1. The Kier molecular flexibility index (Phi) is 5.35. The highest BCUT2D eigenvalue weighted by molar-refractivity contribution is 5.98. The van der Waals surface area contributed by atoms with E-state index in [4.69, 9.17) is 4.74 Å². The van der Waals surface area contributed by atoms with E-state index in [0.29, 0.717) is 11.3 Å². The molecule has 0 aromatic heterocycles. The lowest BCUT2D eigenvalue weighted by atomic mass is 10.1. The van der Waals surface area contributed by atoms with Crippen molar-refractivity contribution in [2.45, 2.75) is 25.0 Å². The number of hydrogen-bond donors (Lipinski definition) is 2. The van der Waals surface area contributed by atoms with Gasteiger partial charge >= 0.3 is 5.97 Å². The van der Waals surface area contributed by atoms with E-state index in [2.05, 4.69) is 10.6 Å². The summed E-state index contributed by atoms with van der Waals surface area (Å²) in [6.07, 6.45) is 0.662. The number of carbonyl (C=O) groups excluding carboxylic acids is 2. The van der Waals surface area contributed by atoms with Gasteiger partial charge in [-0.05, 0) is 18.9 Å². The molecule has 1 fully saturated rings. The number of hydrogen-bond acceptors (Lipinski definition) is 6. The van der Waals surface area contributed by atoms with Crippen LogP contribution in [0.1, 0.15) is 34.9 Å². The zero-order valence-corrected chi connectivity index (χ0v) is 14.7. The Morgan fingerprint density at radius 2 is 1.89 bits per heavy atom. The number of nitrogens with one attached hydrogen (secondary N) is 2. The first kappa shape index (κ1) is 18.4. The maximum absolute atomic E-state index is 12.7. The third kappa shape index (κ3) is 4.41. The average molecular weight is 369 g/mol. The molecule has 8 nitrogen and oxygen atoms in total. The molecule has 1 aliphatic carbocycles. The smallest absolute Gasteiger partial charge is 0.341 e. The lowest BCUT2D eigenvalue weighted by Crippen LogP contribution is -2.33. The number of benzene rings is 2. The molecule has 27 heavy (non-hydrogen) atoms. The SMILES string of the molecule is CNc1ccc([N+](=O)[O-])cc1C(=O)O[C@@H](C(=O)NC1CC1)c1ccccc1. The molecule has 0 spiro atoms. The van der Waals surface area contributed by atoms with Gasteiger partial charge in [0, 0.05) is 36.5 Å². The van der Waals surface area contributed by atoms with Crippen molar-refractivity contribution in [3.63, 3.8) is 0 Å². The summed E-state index contributed by atoms with van der Waals surface area (Å²) in [5, 5.41) is 16.7. The summed E-state index contributed by atoms with van der Waals surface area (Å²) in [7, 11) is 1.59. The first-order chi connectivity index (χ1) is 13.0. The van der Waals surface area contributed by atoms with Crippen LogP contribution in [-0.4, -0.2) is 29.9 Å². The third-order valence-corrected chi connectivity index (χ3v) is 4.19. The van der Waals surface area contributed by atoms with E-state index < -0.39 is 22.9 Å². The second kappa shape index (κ2) is 7.86. The van der Waals surface area contributed by atoms with Gasteiger partial charge in [0.2, 0.25) is 6.10 Å². The summed E-state index contributed by atoms with van der Waals surface area (Å²) in [6.45, 7) is 0. The van der Waals surface area contributed by atoms with E-state index in [1.807, 2.05) is 0 Å². The van der Waals surface area contributed by atoms with Gasteiger partial charge in [-0.1, -0.05) is 30.3 Å². The molecule has 0 unspecified atom stereocenters. The van der Waals surface area contributed by atoms with E-state index in [-0.39, 0.29) is 17.3 Å². The lowest BCUT2D eigenvalue weighted by molar-refractivity contribution is -0.384. The summed E-state index contributed by atoms with van der Waals surface area (Å²) in [4.78, 5) is 35.7. The molecule has 2 aromatic carbocycles. The number of ether oxygens (including phenoxy) is 1. The van der Waals surface area contributed by atoms with Crippen molar-refractivity contribution in [2.24, 2.45) is 0 Å². The molecular weight excluding hydrogens is 350 g/mol. The molecule has 1 aliphatic rings. The molecule has 0 heterocycles. The number of amides is 1. The number of rotatable bonds is 7. The van der Waals surface area contributed by atoms with Crippen molar-refractivity contribution in [1.29, 1.82) is 0 Å². The van der Waals surface area contributed by atoms with Crippen molar-refractivity contribution >= 4 is 23.3 Å². The van der Waals surface area contributed by atoms with Crippen LogP contribution in [0.15, 0.2) is 48.5 Å². The van der Waals surface area contributed by atoms with Crippen LogP contribution in [0.2, 0.25) is 0 Å². The van der Waals surface area contributed by atoms with Crippen LogP contribution >= 0.6 is 0 Å². The minimum Gasteiger partial charge on any atom is -0.444 e. The Balaban J connectivity index is 1.89. The zero-order chi connectivity index (χ0) is 19.4. The van der Waals surface area contributed by atoms with Crippen molar-refractivity contribution in [3.8, 4) is 0 Å². The first-order valence-electron chi connectivity index (χ1n) is 8.52. The van der Waals surface area contributed by atoms with Crippen molar-refractivity contribution in [1.82, 2.24) is 5.32 Å². The van der Waals surface area contributed by atoms with Gasteiger partial charge in [0.15, 0.2) is 0 Å². The van der Waals surface area contributed by atoms with Crippen LogP contribution in [0.5, 0.6) is 0 Å². The fourth-order valence-corrected chi connectivity index (χ4v) is 2.61. The van der Waals surface area contributed by atoms with E-state index in [0.717, 1.165) is 18.9 Å². The molecular formula is C19H19N3O5. The minimum atomic E-state index is -1.14. The molecule has 140 valence electrons. The molecule has 1 saturated carbocycles. The summed E-state index contributed by atoms with van der Waals surface area (Å²) in [5.41, 5.74) is 0.659. The quantitative estimate of drug-likeness (QED) is 0.441. The van der Waals surface area contributed by atoms with Gasteiger partial charge in [0.05, 0.1) is 10.5 Å². The van der Waals surface area contributed by atoms with Gasteiger partial charge < -0.3 is 15.4 Å². The molecule has 3 rings (SSSR count). The van der Waals surface area contributed by atoms with Crippen LogP contribution in [0.3, 0.4) is 0 Å². The normalized spacial score (nSPS) is 14.1. The number of anilines is 1. The molecule has 1 amide bonds. The highest BCUT2D eigenvalue weighted by Gasteiger charge is 2.31. The highest BCUT2D eigenvalue weighted by atomic mass is 16.6. The van der Waals surface area contributed by atoms with E-state index in [1.54, 1.807) is 37.4 Å². The number of nitro benzene ring substituents is 1. The zero-order valence-electron chi connectivity index (χ0n) is 14.7. The highest BCUT2D eigenvalue weighted by Crippen LogP contribution is 2.27. The van der Waals surface area contributed by atoms with Gasteiger partial charge in [-0.2, -0.15) is 0 Å². The van der Waals surface area contributed by atoms with E-state index in [9.17, 15) is 19.7 Å². The van der Waals surface area contributed by atoms with Crippen molar-refractivity contribution in [2.75, 3.05) is 12.4 Å². The van der Waals surface area contributed by atoms with Crippen LogP contribution in [-0.2, 0) is 9.53 Å². The summed E-state index contributed by atoms with van der Waals surface area (Å²) in [5.74, 6) is -1.23. The standard InChI is InChI=1S/C19H19N3O5/c1-20-16-10-9-14(22(25)26)11-15(16)19(24)27-17(12-5-3-2-4-6-12)18(23)21-13-7-8-13/h2-6,9-11,13,17,20H,7-8H2,1H3,(H,21,23)/t17-/m1/s1. The largest absolute Gasteiger partial charge is 0.444 e. The van der Waals surface area contributed by atoms with Gasteiger partial charge in [-0.3, -0.25) is 14.9 Å². The third-order valence-electron chi connectivity index (χ3n) is 4.19. The number of esters is 1. The van der Waals surface area contributed by atoms with E-state index >= 15 is 0 Å². The predicted octanol–water partition coefficient (Wildman–Crippen LogP) is 2.81. The molecule has 2 N–H and O–H groups in total. The fourth-order valence-electron chi connectivity index (χ4n) is 2.61. The summed E-state index contributed by atoms with van der Waals surface area (Å²) < 4.78 is 5.48. The average Bonchev–Trinajstić information content (AvgIpc) is 3.49. The van der Waals surface area contributed by atoms with Gasteiger partial charge in [-0.15, -0.1) is 0 Å². The number of carbonyl (C=O) groups is 2. The maximum atomic E-state index is 12.7. The Hall–Kier alpha value is -3.42. The van der Waals surface area contributed by atoms with Gasteiger partial charge in [0.25, 0.3) is 11.6 Å². The predicted molar refractivity (Wildman–Crippen MR) is 98.4 cm³/mol. The maximum Gasteiger partial charge on any atom is 0.341 e. The van der Waals surface area contributed by atoms with Crippen molar-refractivity contribution in [3.05, 3.63) is 69.8 Å². The molecule has 0 bridgehead atoms. The minimum absolute atomic E-state index is 0.00754. The number of nitrogens with zero attached hydrogens (tertiary/aromatic N) is 1. The monoisotopic (exact) mass is 369 g/mol. The van der Waals surface area contributed by atoms with Crippen molar-refractivity contribution < 1.29 is 19.2 Å². The Morgan fingerprint density at radius 1 is 1.19 bits per heavy atom. The summed E-state index contributed by atoms with van der Waals surface area (Å²) >= 11 is 0. The lowest BCUT2D eigenvalue weighted by Gasteiger charge is -2.19. The topological polar surface area (TPSA) is 111 Å². The molecule has 2 aromatic rings. The van der Waals surface area contributed by atoms with Crippen LogP contribution in [0.4, 0.5) is 11.4 Å². The fraction of sp³-hybridized carbons (Fsp3) is 0.263. The van der Waals surface area contributed by atoms with E-state index in [1.165, 1.54) is 12.1 Å². The summed E-state index contributed by atoms with van der Waals surface area (Å²) in [6, 6.07) is 12.6. The molecule has 0 saturated heterocycles. The Morgan fingerprint density at radius 3 is 2.48 bits per heavy atom. The second-order valence-corrected chi connectivity index (χ2v) is 6.22. The Bertz CT molecular complexity index is 865. The molecule has 1 atom stereocenters. The van der Waals surface area contributed by atoms with Crippen LogP contribution in [0.25, 0.3) is 0 Å². The molecule has 8 heteroatoms. The van der Waals surface area contributed by atoms with Gasteiger partial charge in [0.1, 0.15) is 0 Å². The second-order valence-electron chi connectivity index (χ2n) is 6.22. The number of non-ortho nitro benzene ring substituents is 1.